The van der Waals surface area contributed by atoms with Crippen LogP contribution in [0.2, 0.25) is 10.0 Å². The number of halogens is 3. The molecule has 0 aliphatic carbocycles. The van der Waals surface area contributed by atoms with Crippen molar-refractivity contribution in [2.45, 2.75) is 6.54 Å². The molecule has 3 aromatic carbocycles. The monoisotopic (exact) mass is 468 g/mol. The molecule has 0 aromatic heterocycles. The van der Waals surface area contributed by atoms with Crippen molar-refractivity contribution in [3.8, 4) is 0 Å². The van der Waals surface area contributed by atoms with Gasteiger partial charge in [0.05, 0.1) is 21.3 Å². The molecule has 8 heteroatoms. The molecule has 5 nitrogen and oxygen atoms in total. The summed E-state index contributed by atoms with van der Waals surface area (Å²) in [5, 5.41) is 6.04. The SMILES string of the molecule is O=C1Nc2ccc(C(=O)NCc3ccc(F)cc3)cc2C(=O)/C1=C/c1ccc(Cl)c(Cl)c1. The maximum atomic E-state index is 13.0. The fourth-order valence-corrected chi connectivity index (χ4v) is 3.51. The summed E-state index contributed by atoms with van der Waals surface area (Å²) in [6, 6.07) is 15.0. The topological polar surface area (TPSA) is 75.3 Å². The molecule has 0 fully saturated rings. The molecule has 1 heterocycles. The molecule has 1 aliphatic rings. The molecule has 0 unspecified atom stereocenters. The summed E-state index contributed by atoms with van der Waals surface area (Å²) in [6.45, 7) is 0.198. The van der Waals surface area contributed by atoms with Gasteiger partial charge >= 0.3 is 0 Å². The molecule has 32 heavy (non-hydrogen) atoms. The normalized spacial score (nSPS) is 14.2. The van der Waals surface area contributed by atoms with Crippen LogP contribution >= 0.6 is 23.2 Å². The first-order valence-electron chi connectivity index (χ1n) is 9.51. The lowest BCUT2D eigenvalue weighted by molar-refractivity contribution is -0.112. The number of amides is 2. The van der Waals surface area contributed by atoms with Crippen LogP contribution < -0.4 is 10.6 Å². The predicted octanol–water partition coefficient (Wildman–Crippen LogP) is 5.28. The largest absolute Gasteiger partial charge is 0.348 e. The minimum Gasteiger partial charge on any atom is -0.348 e. The summed E-state index contributed by atoms with van der Waals surface area (Å²) in [5.74, 6) is -1.83. The highest BCUT2D eigenvalue weighted by Crippen LogP contribution is 2.29. The van der Waals surface area contributed by atoms with E-state index in [0.717, 1.165) is 5.56 Å². The van der Waals surface area contributed by atoms with Gasteiger partial charge in [-0.05, 0) is 59.7 Å². The Kier molecular flexibility index (Phi) is 6.08. The van der Waals surface area contributed by atoms with E-state index in [1.807, 2.05) is 0 Å². The third-order valence-corrected chi connectivity index (χ3v) is 5.62. The van der Waals surface area contributed by atoms with Gasteiger partial charge in [0.15, 0.2) is 0 Å². The number of hydrogen-bond donors (Lipinski definition) is 2. The van der Waals surface area contributed by atoms with Crippen molar-refractivity contribution in [1.29, 1.82) is 0 Å². The van der Waals surface area contributed by atoms with Crippen LogP contribution in [0.3, 0.4) is 0 Å². The van der Waals surface area contributed by atoms with E-state index in [2.05, 4.69) is 10.6 Å². The van der Waals surface area contributed by atoms with Crippen LogP contribution in [0.5, 0.6) is 0 Å². The summed E-state index contributed by atoms with van der Waals surface area (Å²) in [6.07, 6.45) is 1.42. The second-order valence-corrected chi connectivity index (χ2v) is 7.90. The number of nitrogens with one attached hydrogen (secondary N) is 2. The molecule has 0 bridgehead atoms. The van der Waals surface area contributed by atoms with Gasteiger partial charge < -0.3 is 10.6 Å². The number of Topliss-reactive ketones (excluding diaryl/α,β-unsaturated/α-hetero) is 1. The van der Waals surface area contributed by atoms with Gasteiger partial charge in [0.2, 0.25) is 5.78 Å². The van der Waals surface area contributed by atoms with Crippen molar-refractivity contribution in [1.82, 2.24) is 5.32 Å². The minimum absolute atomic E-state index is 0.0836. The lowest BCUT2D eigenvalue weighted by Gasteiger charge is -2.19. The van der Waals surface area contributed by atoms with E-state index < -0.39 is 17.6 Å². The zero-order valence-electron chi connectivity index (χ0n) is 16.4. The van der Waals surface area contributed by atoms with Crippen LogP contribution in [-0.4, -0.2) is 17.6 Å². The standard InChI is InChI=1S/C24H15Cl2FN2O3/c25-19-7-3-14(10-20(19)26)9-18-22(30)17-11-15(4-8-21(17)29-24(18)32)23(31)28-12-13-1-5-16(27)6-2-13/h1-11H,12H2,(H,28,31)(H,29,32)/b18-9-. The molecule has 0 saturated heterocycles. The molecule has 0 saturated carbocycles. The Labute approximate surface area is 192 Å². The zero-order chi connectivity index (χ0) is 22.8. The van der Waals surface area contributed by atoms with Crippen molar-refractivity contribution in [2.75, 3.05) is 5.32 Å². The number of rotatable bonds is 4. The van der Waals surface area contributed by atoms with Gasteiger partial charge in [0.1, 0.15) is 5.82 Å². The molecular weight excluding hydrogens is 454 g/mol. The first-order chi connectivity index (χ1) is 15.3. The number of anilines is 1. The Hall–Kier alpha value is -3.48. The molecule has 4 rings (SSSR count). The molecule has 160 valence electrons. The molecule has 0 radical (unpaired) electrons. The van der Waals surface area contributed by atoms with Crippen LogP contribution in [0.25, 0.3) is 6.08 Å². The molecule has 1 aliphatic heterocycles. The number of hydrogen-bond acceptors (Lipinski definition) is 3. The highest BCUT2D eigenvalue weighted by molar-refractivity contribution is 6.42. The predicted molar refractivity (Wildman–Crippen MR) is 121 cm³/mol. The molecular formula is C24H15Cl2FN2O3. The summed E-state index contributed by atoms with van der Waals surface area (Å²) in [5.41, 5.74) is 1.96. The molecule has 3 aromatic rings. The number of carbonyl (C=O) groups is 3. The van der Waals surface area contributed by atoms with Crippen LogP contribution in [-0.2, 0) is 11.3 Å². The number of fused-ring (bicyclic) bond motifs is 1. The van der Waals surface area contributed by atoms with Gasteiger partial charge in [0.25, 0.3) is 11.8 Å². The molecule has 2 N–H and O–H groups in total. The van der Waals surface area contributed by atoms with Crippen molar-refractivity contribution < 1.29 is 18.8 Å². The van der Waals surface area contributed by atoms with Gasteiger partial charge in [-0.15, -0.1) is 0 Å². The third-order valence-electron chi connectivity index (χ3n) is 4.88. The van der Waals surface area contributed by atoms with Crippen LogP contribution in [0, 0.1) is 5.82 Å². The smallest absolute Gasteiger partial charge is 0.259 e. The lowest BCUT2D eigenvalue weighted by atomic mass is 9.93. The van der Waals surface area contributed by atoms with Crippen LogP contribution in [0.1, 0.15) is 31.8 Å². The Bertz CT molecular complexity index is 1290. The average Bonchev–Trinajstić information content (AvgIpc) is 2.78. The molecule has 0 atom stereocenters. The van der Waals surface area contributed by atoms with Crippen molar-refractivity contribution in [3.63, 3.8) is 0 Å². The Morgan fingerprint density at radius 1 is 0.969 bits per heavy atom. The average molecular weight is 469 g/mol. The Morgan fingerprint density at radius 3 is 2.44 bits per heavy atom. The van der Waals surface area contributed by atoms with E-state index >= 15 is 0 Å². The lowest BCUT2D eigenvalue weighted by Crippen LogP contribution is -2.28. The van der Waals surface area contributed by atoms with Crippen LogP contribution in [0.15, 0.2) is 66.2 Å². The first-order valence-corrected chi connectivity index (χ1v) is 10.3. The Balaban J connectivity index is 1.57. The van der Waals surface area contributed by atoms with Crippen molar-refractivity contribution >= 4 is 52.6 Å². The number of ketones is 1. The van der Waals surface area contributed by atoms with E-state index in [1.54, 1.807) is 30.3 Å². The summed E-state index contributed by atoms with van der Waals surface area (Å²) in [7, 11) is 0. The van der Waals surface area contributed by atoms with E-state index in [9.17, 15) is 18.8 Å². The van der Waals surface area contributed by atoms with Gasteiger partial charge in [0, 0.05) is 17.7 Å². The summed E-state index contributed by atoms with van der Waals surface area (Å²) >= 11 is 11.9. The van der Waals surface area contributed by atoms with Gasteiger partial charge in [-0.3, -0.25) is 14.4 Å². The highest BCUT2D eigenvalue weighted by Gasteiger charge is 2.29. The van der Waals surface area contributed by atoms with Gasteiger partial charge in [-0.2, -0.15) is 0 Å². The van der Waals surface area contributed by atoms with E-state index in [-0.39, 0.29) is 29.1 Å². The van der Waals surface area contributed by atoms with Crippen molar-refractivity contribution in [3.05, 3.63) is 104 Å². The van der Waals surface area contributed by atoms with Crippen molar-refractivity contribution in [2.24, 2.45) is 0 Å². The van der Waals surface area contributed by atoms with E-state index in [1.165, 1.54) is 36.4 Å². The maximum Gasteiger partial charge on any atom is 0.259 e. The third kappa shape index (κ3) is 4.56. The minimum atomic E-state index is -0.554. The first kappa shape index (κ1) is 21.7. The van der Waals surface area contributed by atoms with E-state index in [0.29, 0.717) is 21.3 Å². The maximum absolute atomic E-state index is 13.0. The van der Waals surface area contributed by atoms with Gasteiger partial charge in [-0.25, -0.2) is 4.39 Å². The summed E-state index contributed by atoms with van der Waals surface area (Å²) in [4.78, 5) is 38.0. The highest BCUT2D eigenvalue weighted by atomic mass is 35.5. The number of benzene rings is 3. The molecule has 0 spiro atoms. The number of carbonyl (C=O) groups excluding carboxylic acids is 3. The van der Waals surface area contributed by atoms with Gasteiger partial charge in [-0.1, -0.05) is 41.4 Å². The molecule has 2 amide bonds. The summed E-state index contributed by atoms with van der Waals surface area (Å²) < 4.78 is 13.0. The fourth-order valence-electron chi connectivity index (χ4n) is 3.21. The zero-order valence-corrected chi connectivity index (χ0v) is 17.9. The quantitative estimate of drug-likeness (QED) is 0.403. The second-order valence-electron chi connectivity index (χ2n) is 7.08. The Morgan fingerprint density at radius 2 is 1.72 bits per heavy atom. The fraction of sp³-hybridized carbons (Fsp3) is 0.0417. The van der Waals surface area contributed by atoms with Crippen LogP contribution in [0.4, 0.5) is 10.1 Å². The second kappa shape index (κ2) is 8.94. The van der Waals surface area contributed by atoms with E-state index in [4.69, 9.17) is 23.2 Å².